The Labute approximate surface area is 374 Å². The summed E-state index contributed by atoms with van der Waals surface area (Å²) < 4.78 is 27.4. The molecule has 0 saturated carbocycles. The second-order valence-electron chi connectivity index (χ2n) is 14.9. The average Bonchev–Trinajstić information content (AvgIpc) is 3.90. The van der Waals surface area contributed by atoms with E-state index in [0.29, 0.717) is 5.69 Å². The Morgan fingerprint density at radius 1 is 0.541 bits per heavy atom. The molecule has 0 fully saturated rings. The van der Waals surface area contributed by atoms with Gasteiger partial charge in [-0.05, 0) is 58.0 Å². The monoisotopic (exact) mass is 967 g/mol. The van der Waals surface area contributed by atoms with Gasteiger partial charge in [0.25, 0.3) is 0 Å². The van der Waals surface area contributed by atoms with Crippen LogP contribution in [0, 0.1) is 12.1 Å². The Morgan fingerprint density at radius 2 is 1.16 bits per heavy atom. The van der Waals surface area contributed by atoms with Crippen LogP contribution in [0.5, 0.6) is 0 Å². The van der Waals surface area contributed by atoms with E-state index in [2.05, 4.69) is 161 Å². The van der Waals surface area contributed by atoms with Crippen LogP contribution in [0.25, 0.3) is 61.0 Å². The molecule has 0 saturated heterocycles. The normalized spacial score (nSPS) is 13.0. The van der Waals surface area contributed by atoms with Gasteiger partial charge in [0.05, 0.1) is 23.7 Å². The quantitative estimate of drug-likeness (QED) is 0.142. The van der Waals surface area contributed by atoms with Crippen molar-refractivity contribution in [2.75, 3.05) is 28.3 Å². The maximum atomic E-state index is 8.40. The Morgan fingerprint density at radius 3 is 1.89 bits per heavy atom. The maximum absolute atomic E-state index is 8.40. The van der Waals surface area contributed by atoms with E-state index in [1.165, 1.54) is 4.90 Å². The van der Waals surface area contributed by atoms with Gasteiger partial charge in [-0.2, -0.15) is 12.1 Å². The summed E-state index contributed by atoms with van der Waals surface area (Å²) in [5, 5.41) is 2.15. The minimum atomic E-state index is -2.33. The molecule has 0 aliphatic carbocycles. The molecule has 2 aromatic heterocycles. The maximum Gasteiger partial charge on any atom is 2.00 e. The minimum Gasteiger partial charge on any atom is -0.357 e. The second kappa shape index (κ2) is 16.1. The Hall–Kier alpha value is -7.20. The van der Waals surface area contributed by atoms with E-state index in [1.807, 2.05) is 71.8 Å². The summed E-state index contributed by atoms with van der Waals surface area (Å²) in [6, 6.07) is 76.3. The van der Waals surface area contributed by atoms with Gasteiger partial charge in [-0.25, -0.2) is 4.98 Å². The van der Waals surface area contributed by atoms with Gasteiger partial charge in [-0.1, -0.05) is 162 Å². The Balaban J connectivity index is 0.00000484. The molecule has 3 heterocycles. The predicted octanol–water partition coefficient (Wildman–Crippen LogP) is 13.8. The topological polar surface area (TPSA) is 27.5 Å². The van der Waals surface area contributed by atoms with Gasteiger partial charge in [-0.3, -0.25) is 0 Å². The van der Waals surface area contributed by atoms with Crippen LogP contribution < -0.4 is 14.7 Å². The van der Waals surface area contributed by atoms with Crippen molar-refractivity contribution in [3.05, 3.63) is 219 Å². The van der Waals surface area contributed by atoms with Crippen molar-refractivity contribution in [1.82, 2.24) is 9.55 Å². The van der Waals surface area contributed by atoms with Crippen molar-refractivity contribution in [2.24, 2.45) is 0 Å². The standard InChI is InChI=1S/C55H39N5.Pt/c1-57-38-58(52-30-14-13-29-51(52)57)43-23-15-24-44(36-43)59(55-46(40-19-7-3-8-20-40)26-16-27-47(55)41-21-9-4-10-22-41)45-31-32-49-48-25-11-12-28-50(48)60(53(49)37-45)54-35-42(33-34-56-54)39-17-5-2-6-18-39;/h2-35H,38H2,1H3;/q-2;+2/i1D3;. The van der Waals surface area contributed by atoms with Crippen LogP contribution >= 0.6 is 0 Å². The number of rotatable bonds is 8. The Kier molecular flexibility index (Phi) is 9.14. The van der Waals surface area contributed by atoms with Gasteiger partial charge in [-0.15, -0.1) is 35.7 Å². The van der Waals surface area contributed by atoms with Gasteiger partial charge in [0.15, 0.2) is 0 Å². The van der Waals surface area contributed by atoms with E-state index in [0.717, 1.165) is 89.4 Å². The van der Waals surface area contributed by atoms with Gasteiger partial charge < -0.3 is 19.3 Å². The van der Waals surface area contributed by atoms with Crippen LogP contribution in [0.4, 0.5) is 34.1 Å². The number of nitrogens with zero attached hydrogens (tertiary/aromatic N) is 5. The summed E-state index contributed by atoms with van der Waals surface area (Å²) in [6.45, 7) is -2.18. The number of para-hydroxylation sites is 4. The number of hydrogen-bond acceptors (Lipinski definition) is 4. The molecule has 61 heavy (non-hydrogen) atoms. The third-order valence-corrected chi connectivity index (χ3v) is 11.4. The molecule has 0 radical (unpaired) electrons. The molecule has 0 unspecified atom stereocenters. The van der Waals surface area contributed by atoms with Gasteiger partial charge >= 0.3 is 21.1 Å². The number of benzene rings is 8. The van der Waals surface area contributed by atoms with Crippen molar-refractivity contribution < 1.29 is 25.2 Å². The molecule has 1 aliphatic rings. The fourth-order valence-electron chi connectivity index (χ4n) is 8.61. The van der Waals surface area contributed by atoms with Crippen molar-refractivity contribution in [2.45, 2.75) is 0 Å². The molecule has 5 nitrogen and oxygen atoms in total. The SMILES string of the molecule is [2H]C([2H])([2H])N1CN(c2[c-]c(N(c3[c-]c4c(cc3)c3ccccc3n4-c3cc(-c4ccccc4)ccn3)c3c(-c4ccccc4)cccc3-c3ccccc3)ccc2)c2ccccc21.[Pt+2]. The molecule has 10 aromatic rings. The summed E-state index contributed by atoms with van der Waals surface area (Å²) in [4.78, 5) is 10.7. The molecule has 8 aromatic carbocycles. The third kappa shape index (κ3) is 6.78. The summed E-state index contributed by atoms with van der Waals surface area (Å²) in [5.41, 5.74) is 13.0. The number of hydrogen-bond donors (Lipinski definition) is 0. The second-order valence-corrected chi connectivity index (χ2v) is 14.9. The zero-order valence-corrected chi connectivity index (χ0v) is 35.2. The van der Waals surface area contributed by atoms with Crippen LogP contribution in [0.15, 0.2) is 206 Å². The first-order valence-corrected chi connectivity index (χ1v) is 20.1. The molecule has 1 aliphatic heterocycles. The molecule has 0 amide bonds. The third-order valence-electron chi connectivity index (χ3n) is 11.4. The van der Waals surface area contributed by atoms with E-state index in [4.69, 9.17) is 9.10 Å². The molecule has 11 rings (SSSR count). The van der Waals surface area contributed by atoms with Crippen LogP contribution in [-0.2, 0) is 21.1 Å². The number of pyridine rings is 1. The number of aromatic nitrogens is 2. The molecule has 0 atom stereocenters. The Bertz CT molecular complexity index is 3220. The molecule has 294 valence electrons. The van der Waals surface area contributed by atoms with Crippen LogP contribution in [-0.4, -0.2) is 23.2 Å². The summed E-state index contributed by atoms with van der Waals surface area (Å²) in [5.74, 6) is 0.789. The van der Waals surface area contributed by atoms with E-state index >= 15 is 0 Å². The van der Waals surface area contributed by atoms with Crippen LogP contribution in [0.3, 0.4) is 0 Å². The molecule has 6 heteroatoms. The van der Waals surface area contributed by atoms with E-state index in [9.17, 15) is 0 Å². The first-order valence-electron chi connectivity index (χ1n) is 21.6. The number of anilines is 6. The average molecular weight is 968 g/mol. The van der Waals surface area contributed by atoms with Gasteiger partial charge in [0, 0.05) is 33.9 Å². The molecule has 0 bridgehead atoms. The molecular weight excluding hydrogens is 926 g/mol. The zero-order chi connectivity index (χ0) is 42.5. The van der Waals surface area contributed by atoms with Crippen LogP contribution in [0.2, 0.25) is 0 Å². The first kappa shape index (κ1) is 34.6. The fourth-order valence-corrected chi connectivity index (χ4v) is 8.61. The van der Waals surface area contributed by atoms with Crippen molar-refractivity contribution >= 4 is 55.9 Å². The summed E-state index contributed by atoms with van der Waals surface area (Å²) >= 11 is 0. The first-order chi connectivity index (χ1) is 30.9. The van der Waals surface area contributed by atoms with Crippen molar-refractivity contribution in [3.63, 3.8) is 0 Å². The zero-order valence-electron chi connectivity index (χ0n) is 35.9. The number of fused-ring (bicyclic) bond motifs is 4. The van der Waals surface area contributed by atoms with E-state index < -0.39 is 6.98 Å². The molecule has 0 N–H and O–H groups in total. The smallest absolute Gasteiger partial charge is 0.357 e. The summed E-state index contributed by atoms with van der Waals surface area (Å²) in [7, 11) is 0. The largest absolute Gasteiger partial charge is 2.00 e. The van der Waals surface area contributed by atoms with Gasteiger partial charge in [0.1, 0.15) is 5.82 Å². The van der Waals surface area contributed by atoms with Crippen molar-refractivity contribution in [1.29, 1.82) is 0 Å². The molecule has 0 spiro atoms. The van der Waals surface area contributed by atoms with E-state index in [-0.39, 0.29) is 27.7 Å². The van der Waals surface area contributed by atoms with E-state index in [1.54, 1.807) is 0 Å². The minimum absolute atomic E-state index is 0. The summed E-state index contributed by atoms with van der Waals surface area (Å²) in [6.07, 6.45) is 1.88. The van der Waals surface area contributed by atoms with Gasteiger partial charge in [0.2, 0.25) is 0 Å². The van der Waals surface area contributed by atoms with Crippen molar-refractivity contribution in [3.8, 4) is 39.2 Å². The predicted molar refractivity (Wildman–Crippen MR) is 249 cm³/mol. The van der Waals surface area contributed by atoms with Crippen LogP contribution in [0.1, 0.15) is 4.11 Å². The fraction of sp³-hybridized carbons (Fsp3) is 0.0364. The molecular formula is C55H39N5Pt.